The van der Waals surface area contributed by atoms with Crippen molar-refractivity contribution in [2.75, 3.05) is 13.2 Å². The van der Waals surface area contributed by atoms with Gasteiger partial charge in [-0.1, -0.05) is 35.9 Å². The molecule has 1 N–H and O–H groups in total. The van der Waals surface area contributed by atoms with E-state index in [0.29, 0.717) is 0 Å². The molecule has 0 amide bonds. The van der Waals surface area contributed by atoms with Crippen molar-refractivity contribution in [3.8, 4) is 0 Å². The van der Waals surface area contributed by atoms with E-state index in [1.165, 1.54) is 38.1 Å². The number of carbonyl (C=O) groups excluding carboxylic acids is 2. The highest BCUT2D eigenvalue weighted by Gasteiger charge is 2.69. The van der Waals surface area contributed by atoms with Gasteiger partial charge in [-0.05, 0) is 49.2 Å². The number of halogens is 4. The smallest absolute Gasteiger partial charge is 0.416 e. The summed E-state index contributed by atoms with van der Waals surface area (Å²) in [5, 5.41) is 15.3. The lowest BCUT2D eigenvalue weighted by Gasteiger charge is -2.30. The molecule has 2 aromatic rings. The topological polar surface area (TPSA) is 108 Å². The number of rotatable bonds is 7. The summed E-state index contributed by atoms with van der Waals surface area (Å²) in [5.41, 5.74) is -3.06. The Balaban J connectivity index is 2.26. The molecule has 1 aliphatic rings. The summed E-state index contributed by atoms with van der Waals surface area (Å²) < 4.78 is 49.5. The van der Waals surface area contributed by atoms with E-state index in [-0.39, 0.29) is 29.4 Å². The quantitative estimate of drug-likeness (QED) is 0.254. The molecular formula is C23H22ClF3N2O6. The second-order valence-electron chi connectivity index (χ2n) is 7.80. The molecule has 188 valence electrons. The van der Waals surface area contributed by atoms with Crippen molar-refractivity contribution < 1.29 is 37.2 Å². The molecular weight excluding hydrogens is 493 g/mol. The molecule has 1 heterocycles. The summed E-state index contributed by atoms with van der Waals surface area (Å²) in [7, 11) is 0. The van der Waals surface area contributed by atoms with Gasteiger partial charge in [0.25, 0.3) is 0 Å². The predicted octanol–water partition coefficient (Wildman–Crippen LogP) is 4.30. The number of nitrogens with zero attached hydrogens (tertiary/aromatic N) is 1. The molecule has 0 aromatic heterocycles. The van der Waals surface area contributed by atoms with Crippen LogP contribution in [0.4, 0.5) is 13.2 Å². The van der Waals surface area contributed by atoms with Gasteiger partial charge >= 0.3 is 18.1 Å². The molecule has 1 fully saturated rings. The number of nitrogens with one attached hydrogen (secondary N) is 1. The lowest BCUT2D eigenvalue weighted by Crippen LogP contribution is -2.60. The highest BCUT2D eigenvalue weighted by Crippen LogP contribution is 2.48. The standard InChI is InChI=1S/C23H22ClF3N2O6/c1-3-34-20(30)22(21(31)35-4-2)17(14-6-5-7-16(24)12-14)19(29(32)33)18(28-22)13-8-10-15(11-9-13)23(25,26)27/h5-12,17-19,28H,3-4H2,1-2H3/t17-,18-,19-/m1/s1. The molecule has 35 heavy (non-hydrogen) atoms. The van der Waals surface area contributed by atoms with Gasteiger partial charge in [0.05, 0.1) is 24.7 Å². The highest BCUT2D eigenvalue weighted by molar-refractivity contribution is 6.30. The monoisotopic (exact) mass is 514 g/mol. The summed E-state index contributed by atoms with van der Waals surface area (Å²) in [6, 6.07) is 6.54. The maximum atomic E-state index is 13.3. The van der Waals surface area contributed by atoms with Crippen molar-refractivity contribution >= 4 is 23.5 Å². The van der Waals surface area contributed by atoms with E-state index in [1.54, 1.807) is 0 Å². The van der Waals surface area contributed by atoms with Gasteiger partial charge in [0.15, 0.2) is 0 Å². The van der Waals surface area contributed by atoms with E-state index < -0.39 is 52.1 Å². The lowest BCUT2D eigenvalue weighted by atomic mass is 9.77. The fraction of sp³-hybridized carbons (Fsp3) is 0.391. The number of hydrogen-bond donors (Lipinski definition) is 1. The molecule has 0 unspecified atom stereocenters. The van der Waals surface area contributed by atoms with E-state index in [1.807, 2.05) is 0 Å². The van der Waals surface area contributed by atoms with E-state index in [0.717, 1.165) is 24.3 Å². The average Bonchev–Trinajstić information content (AvgIpc) is 3.17. The van der Waals surface area contributed by atoms with Crippen molar-refractivity contribution in [2.24, 2.45) is 0 Å². The molecule has 1 aliphatic heterocycles. The van der Waals surface area contributed by atoms with Gasteiger partial charge in [-0.3, -0.25) is 15.4 Å². The van der Waals surface area contributed by atoms with Crippen LogP contribution in [0.5, 0.6) is 0 Å². The van der Waals surface area contributed by atoms with E-state index in [4.69, 9.17) is 21.1 Å². The SMILES string of the molecule is CCOC(=O)C1(C(=O)OCC)N[C@H](c2ccc(C(F)(F)F)cc2)[C@H]([N+](=O)[O-])[C@H]1c1cccc(Cl)c1. The maximum absolute atomic E-state index is 13.3. The van der Waals surface area contributed by atoms with Crippen LogP contribution in [0.15, 0.2) is 48.5 Å². The van der Waals surface area contributed by atoms with E-state index in [2.05, 4.69) is 5.32 Å². The Morgan fingerprint density at radius 3 is 2.09 bits per heavy atom. The summed E-state index contributed by atoms with van der Waals surface area (Å²) in [6.45, 7) is 2.72. The Morgan fingerprint density at radius 2 is 1.63 bits per heavy atom. The van der Waals surface area contributed by atoms with Gasteiger partial charge in [0, 0.05) is 9.95 Å². The van der Waals surface area contributed by atoms with Crippen molar-refractivity contribution in [1.29, 1.82) is 0 Å². The van der Waals surface area contributed by atoms with Crippen LogP contribution in [0, 0.1) is 10.1 Å². The predicted molar refractivity (Wildman–Crippen MR) is 118 cm³/mol. The minimum Gasteiger partial charge on any atom is -0.464 e. The molecule has 8 nitrogen and oxygen atoms in total. The van der Waals surface area contributed by atoms with Crippen LogP contribution in [-0.4, -0.2) is 41.7 Å². The first-order valence-corrected chi connectivity index (χ1v) is 11.0. The Morgan fingerprint density at radius 1 is 1.06 bits per heavy atom. The van der Waals surface area contributed by atoms with Crippen LogP contribution in [-0.2, 0) is 25.2 Å². The zero-order valence-corrected chi connectivity index (χ0v) is 19.4. The summed E-state index contributed by atoms with van der Waals surface area (Å²) in [4.78, 5) is 38.3. The van der Waals surface area contributed by atoms with Crippen LogP contribution in [0.3, 0.4) is 0 Å². The summed E-state index contributed by atoms with van der Waals surface area (Å²) in [6.07, 6.45) is -4.62. The van der Waals surface area contributed by atoms with Crippen molar-refractivity contribution in [1.82, 2.24) is 5.32 Å². The minimum absolute atomic E-state index is 0.0715. The fourth-order valence-corrected chi connectivity index (χ4v) is 4.56. The van der Waals surface area contributed by atoms with Crippen molar-refractivity contribution in [3.63, 3.8) is 0 Å². The zero-order valence-electron chi connectivity index (χ0n) is 18.7. The molecule has 12 heteroatoms. The van der Waals surface area contributed by atoms with Gasteiger partial charge in [-0.2, -0.15) is 13.2 Å². The van der Waals surface area contributed by atoms with E-state index in [9.17, 15) is 32.9 Å². The number of ether oxygens (including phenoxy) is 2. The average molecular weight is 515 g/mol. The first kappa shape index (κ1) is 26.4. The van der Waals surface area contributed by atoms with Gasteiger partial charge in [-0.15, -0.1) is 0 Å². The van der Waals surface area contributed by atoms with Gasteiger partial charge < -0.3 is 9.47 Å². The Bertz CT molecular complexity index is 1090. The second kappa shape index (κ2) is 10.2. The zero-order chi connectivity index (χ0) is 26.0. The Kier molecular flexibility index (Phi) is 7.71. The Hall–Kier alpha value is -3.18. The van der Waals surface area contributed by atoms with Gasteiger partial charge in [0.2, 0.25) is 11.6 Å². The number of hydrogen-bond acceptors (Lipinski definition) is 7. The normalized spacial score (nSPS) is 21.4. The molecule has 2 aromatic carbocycles. The van der Waals surface area contributed by atoms with Crippen LogP contribution < -0.4 is 5.32 Å². The largest absolute Gasteiger partial charge is 0.464 e. The molecule has 0 radical (unpaired) electrons. The maximum Gasteiger partial charge on any atom is 0.416 e. The van der Waals surface area contributed by atoms with Crippen LogP contribution in [0.2, 0.25) is 5.02 Å². The third kappa shape index (κ3) is 4.96. The summed E-state index contributed by atoms with van der Waals surface area (Å²) >= 11 is 6.11. The van der Waals surface area contributed by atoms with Crippen molar-refractivity contribution in [3.05, 3.63) is 80.4 Å². The Labute approximate surface area is 203 Å². The number of esters is 2. The number of alkyl halides is 3. The molecule has 0 bridgehead atoms. The van der Waals surface area contributed by atoms with Crippen molar-refractivity contribution in [2.45, 2.75) is 43.6 Å². The first-order valence-electron chi connectivity index (χ1n) is 10.7. The number of nitro groups is 1. The lowest BCUT2D eigenvalue weighted by molar-refractivity contribution is -0.527. The molecule has 0 saturated carbocycles. The molecule has 3 rings (SSSR count). The van der Waals surface area contributed by atoms with E-state index >= 15 is 0 Å². The second-order valence-corrected chi connectivity index (χ2v) is 8.24. The third-order valence-electron chi connectivity index (χ3n) is 5.78. The van der Waals surface area contributed by atoms with Gasteiger partial charge in [0.1, 0.15) is 6.04 Å². The van der Waals surface area contributed by atoms with Crippen LogP contribution in [0.25, 0.3) is 0 Å². The highest BCUT2D eigenvalue weighted by atomic mass is 35.5. The van der Waals surface area contributed by atoms with Gasteiger partial charge in [-0.25, -0.2) is 9.59 Å². The molecule has 3 atom stereocenters. The molecule has 1 saturated heterocycles. The summed E-state index contributed by atoms with van der Waals surface area (Å²) in [5.74, 6) is -3.67. The third-order valence-corrected chi connectivity index (χ3v) is 6.01. The number of benzene rings is 2. The van der Waals surface area contributed by atoms with Crippen LogP contribution >= 0.6 is 11.6 Å². The molecule has 0 aliphatic carbocycles. The van der Waals surface area contributed by atoms with Crippen LogP contribution in [0.1, 0.15) is 42.5 Å². The fourth-order valence-electron chi connectivity index (χ4n) is 4.36. The first-order chi connectivity index (χ1) is 16.5. The molecule has 0 spiro atoms. The number of carbonyl (C=O) groups is 2. The minimum atomic E-state index is -4.62.